The molecule has 0 aliphatic carbocycles. The topological polar surface area (TPSA) is 29.1 Å². The van der Waals surface area contributed by atoms with E-state index in [9.17, 15) is 9.18 Å². The minimum atomic E-state index is -0.274. The van der Waals surface area contributed by atoms with Crippen LogP contribution in [0.15, 0.2) is 30.3 Å². The van der Waals surface area contributed by atoms with Crippen molar-refractivity contribution in [1.29, 1.82) is 0 Å². The Morgan fingerprint density at radius 2 is 2.07 bits per heavy atom. The molecule has 1 aromatic carbocycles. The predicted molar refractivity (Wildman–Crippen MR) is 54.4 cm³/mol. The summed E-state index contributed by atoms with van der Waals surface area (Å²) in [6.45, 7) is 0.317. The maximum absolute atomic E-state index is 12.5. The molecule has 1 aromatic rings. The largest absolute Gasteiger partial charge is 0.313 e. The van der Waals surface area contributed by atoms with Crippen LogP contribution in [-0.2, 0) is 4.79 Å². The standard InChI is InChI=1S/C11H12FNO/c1-13-8-11(14)7-4-9-2-5-10(12)6-3-9/h2-7,13H,8H2,1H3/b7-4+. The fourth-order valence-electron chi connectivity index (χ4n) is 0.996. The van der Waals surface area contributed by atoms with Crippen LogP contribution in [0.3, 0.4) is 0 Å². The van der Waals surface area contributed by atoms with E-state index in [4.69, 9.17) is 0 Å². The highest BCUT2D eigenvalue weighted by atomic mass is 19.1. The summed E-state index contributed by atoms with van der Waals surface area (Å²) in [5.74, 6) is -0.277. The molecule has 0 saturated carbocycles. The van der Waals surface area contributed by atoms with Gasteiger partial charge >= 0.3 is 0 Å². The Hall–Kier alpha value is -1.48. The first-order chi connectivity index (χ1) is 6.72. The summed E-state index contributed by atoms with van der Waals surface area (Å²) < 4.78 is 12.5. The van der Waals surface area contributed by atoms with Crippen molar-refractivity contribution < 1.29 is 9.18 Å². The van der Waals surface area contributed by atoms with E-state index in [1.165, 1.54) is 18.2 Å². The number of likely N-dealkylation sites (N-methyl/N-ethyl adjacent to an activating group) is 1. The smallest absolute Gasteiger partial charge is 0.169 e. The van der Waals surface area contributed by atoms with Gasteiger partial charge in [0.25, 0.3) is 0 Å². The van der Waals surface area contributed by atoms with Crippen LogP contribution in [0.4, 0.5) is 4.39 Å². The van der Waals surface area contributed by atoms with Gasteiger partial charge in [-0.2, -0.15) is 0 Å². The van der Waals surface area contributed by atoms with Crippen LogP contribution >= 0.6 is 0 Å². The number of carbonyl (C=O) groups excluding carboxylic acids is 1. The van der Waals surface area contributed by atoms with Crippen LogP contribution in [0.1, 0.15) is 5.56 Å². The predicted octanol–water partition coefficient (Wildman–Crippen LogP) is 1.63. The lowest BCUT2D eigenvalue weighted by atomic mass is 10.2. The summed E-state index contributed by atoms with van der Waals surface area (Å²) in [4.78, 5) is 11.1. The molecule has 14 heavy (non-hydrogen) atoms. The van der Waals surface area contributed by atoms with Gasteiger partial charge in [-0.05, 0) is 30.8 Å². The highest BCUT2D eigenvalue weighted by Crippen LogP contribution is 2.04. The van der Waals surface area contributed by atoms with Gasteiger partial charge in [0.1, 0.15) is 5.82 Å². The third-order valence-corrected chi connectivity index (χ3v) is 1.68. The van der Waals surface area contributed by atoms with Gasteiger partial charge in [-0.3, -0.25) is 4.79 Å². The van der Waals surface area contributed by atoms with Gasteiger partial charge in [0.2, 0.25) is 0 Å². The quantitative estimate of drug-likeness (QED) is 0.736. The maximum Gasteiger partial charge on any atom is 0.169 e. The molecule has 0 spiro atoms. The Bertz CT molecular complexity index is 330. The Morgan fingerprint density at radius 3 is 2.64 bits per heavy atom. The van der Waals surface area contributed by atoms with Crippen molar-refractivity contribution in [2.75, 3.05) is 13.6 Å². The average molecular weight is 193 g/mol. The monoisotopic (exact) mass is 193 g/mol. The summed E-state index contributed by atoms with van der Waals surface area (Å²) in [6, 6.07) is 5.97. The summed E-state index contributed by atoms with van der Waals surface area (Å²) in [7, 11) is 1.71. The molecule has 0 aliphatic rings. The van der Waals surface area contributed by atoms with Gasteiger partial charge in [-0.1, -0.05) is 18.2 Å². The van der Waals surface area contributed by atoms with Crippen LogP contribution < -0.4 is 5.32 Å². The molecule has 2 nitrogen and oxygen atoms in total. The van der Waals surface area contributed by atoms with Crippen LogP contribution in [0.5, 0.6) is 0 Å². The van der Waals surface area contributed by atoms with E-state index in [-0.39, 0.29) is 11.6 Å². The minimum absolute atomic E-state index is 0.00294. The molecule has 0 aromatic heterocycles. The van der Waals surface area contributed by atoms with Crippen molar-refractivity contribution >= 4 is 11.9 Å². The van der Waals surface area contributed by atoms with Gasteiger partial charge in [-0.15, -0.1) is 0 Å². The van der Waals surface area contributed by atoms with Crippen molar-refractivity contribution in [3.63, 3.8) is 0 Å². The van der Waals surface area contributed by atoms with E-state index in [0.29, 0.717) is 6.54 Å². The molecule has 0 unspecified atom stereocenters. The fraction of sp³-hybridized carbons (Fsp3) is 0.182. The Kier molecular flexibility index (Phi) is 4.01. The third kappa shape index (κ3) is 3.49. The molecule has 0 radical (unpaired) electrons. The summed E-state index contributed by atoms with van der Waals surface area (Å²) in [5, 5.41) is 2.75. The van der Waals surface area contributed by atoms with E-state index in [1.54, 1.807) is 25.3 Å². The first-order valence-electron chi connectivity index (χ1n) is 4.33. The SMILES string of the molecule is CNCC(=O)/C=C/c1ccc(F)cc1. The fourth-order valence-corrected chi connectivity index (χ4v) is 0.996. The summed E-state index contributed by atoms with van der Waals surface area (Å²) in [5.41, 5.74) is 0.816. The molecule has 0 bridgehead atoms. The number of carbonyl (C=O) groups is 1. The second kappa shape index (κ2) is 5.29. The Labute approximate surface area is 82.4 Å². The van der Waals surface area contributed by atoms with Crippen LogP contribution in [0.25, 0.3) is 6.08 Å². The van der Waals surface area contributed by atoms with E-state index >= 15 is 0 Å². The molecule has 0 fully saturated rings. The van der Waals surface area contributed by atoms with Crippen LogP contribution in [-0.4, -0.2) is 19.4 Å². The van der Waals surface area contributed by atoms with E-state index < -0.39 is 0 Å². The first kappa shape index (κ1) is 10.6. The van der Waals surface area contributed by atoms with Crippen LogP contribution in [0, 0.1) is 5.82 Å². The molecule has 0 aliphatic heterocycles. The molecular formula is C11H12FNO. The molecule has 0 amide bonds. The first-order valence-corrected chi connectivity index (χ1v) is 4.33. The minimum Gasteiger partial charge on any atom is -0.313 e. The Morgan fingerprint density at radius 1 is 1.43 bits per heavy atom. The molecule has 1 N–H and O–H groups in total. The molecule has 0 atom stereocenters. The number of hydrogen-bond acceptors (Lipinski definition) is 2. The normalized spacial score (nSPS) is 10.7. The lowest BCUT2D eigenvalue weighted by molar-refractivity contribution is -0.113. The summed E-state index contributed by atoms with van der Waals surface area (Å²) >= 11 is 0. The molecule has 1 rings (SSSR count). The van der Waals surface area contributed by atoms with Crippen molar-refractivity contribution in [3.8, 4) is 0 Å². The van der Waals surface area contributed by atoms with Crippen molar-refractivity contribution in [2.45, 2.75) is 0 Å². The Balaban J connectivity index is 2.60. The third-order valence-electron chi connectivity index (χ3n) is 1.68. The van der Waals surface area contributed by atoms with Gasteiger partial charge < -0.3 is 5.32 Å². The van der Waals surface area contributed by atoms with Gasteiger partial charge in [0.15, 0.2) is 5.78 Å². The number of rotatable bonds is 4. The number of halogens is 1. The number of ketones is 1. The lowest BCUT2D eigenvalue weighted by Crippen LogP contribution is -2.15. The lowest BCUT2D eigenvalue weighted by Gasteiger charge is -1.93. The highest BCUT2D eigenvalue weighted by molar-refractivity contribution is 5.95. The van der Waals surface area contributed by atoms with Crippen molar-refractivity contribution in [3.05, 3.63) is 41.7 Å². The zero-order valence-corrected chi connectivity index (χ0v) is 7.96. The molecule has 0 heterocycles. The van der Waals surface area contributed by atoms with Crippen molar-refractivity contribution in [2.24, 2.45) is 0 Å². The average Bonchev–Trinajstić information content (AvgIpc) is 2.17. The molecular weight excluding hydrogens is 181 g/mol. The van der Waals surface area contributed by atoms with Crippen molar-refractivity contribution in [1.82, 2.24) is 5.32 Å². The molecule has 3 heteroatoms. The van der Waals surface area contributed by atoms with E-state index in [1.807, 2.05) is 0 Å². The highest BCUT2D eigenvalue weighted by Gasteiger charge is 1.93. The number of hydrogen-bond donors (Lipinski definition) is 1. The second-order valence-electron chi connectivity index (χ2n) is 2.88. The zero-order valence-electron chi connectivity index (χ0n) is 7.96. The van der Waals surface area contributed by atoms with Gasteiger partial charge in [-0.25, -0.2) is 4.39 Å². The van der Waals surface area contributed by atoms with Gasteiger partial charge in [0, 0.05) is 0 Å². The zero-order chi connectivity index (χ0) is 10.4. The second-order valence-corrected chi connectivity index (χ2v) is 2.88. The summed E-state index contributed by atoms with van der Waals surface area (Å²) in [6.07, 6.45) is 3.14. The molecule has 74 valence electrons. The van der Waals surface area contributed by atoms with E-state index in [0.717, 1.165) is 5.56 Å². The van der Waals surface area contributed by atoms with E-state index in [2.05, 4.69) is 5.32 Å². The molecule has 0 saturated heterocycles. The van der Waals surface area contributed by atoms with Gasteiger partial charge in [0.05, 0.1) is 6.54 Å². The maximum atomic E-state index is 12.5. The van der Waals surface area contributed by atoms with Crippen LogP contribution in [0.2, 0.25) is 0 Å². The number of benzene rings is 1. The number of nitrogens with one attached hydrogen (secondary N) is 1.